The summed E-state index contributed by atoms with van der Waals surface area (Å²) in [6, 6.07) is 6.17. The zero-order chi connectivity index (χ0) is 12.5. The molecule has 0 spiro atoms. The molecule has 0 unspecified atom stereocenters. The predicted molar refractivity (Wildman–Crippen MR) is 76.5 cm³/mol. The molecule has 1 saturated heterocycles. The average molecular weight is 318 g/mol. The summed E-state index contributed by atoms with van der Waals surface area (Å²) < 4.78 is 0.976. The highest BCUT2D eigenvalue weighted by Crippen LogP contribution is 2.25. The molecule has 0 radical (unpaired) electrons. The first-order chi connectivity index (χ1) is 7.99. The van der Waals surface area contributed by atoms with Crippen LogP contribution in [0.1, 0.15) is 19.4 Å². The van der Waals surface area contributed by atoms with E-state index in [0.717, 1.165) is 35.7 Å². The third-order valence-electron chi connectivity index (χ3n) is 3.33. The highest BCUT2D eigenvalue weighted by Gasteiger charge is 2.29. The van der Waals surface area contributed by atoms with Gasteiger partial charge in [0.05, 0.1) is 5.02 Å². The Hall–Kier alpha value is -0.0900. The zero-order valence-corrected chi connectivity index (χ0v) is 12.6. The molecule has 94 valence electrons. The molecule has 1 heterocycles. The van der Waals surface area contributed by atoms with E-state index >= 15 is 0 Å². The minimum absolute atomic E-state index is 0.213. The number of hydrogen-bond acceptors (Lipinski definition) is 2. The molecule has 17 heavy (non-hydrogen) atoms. The summed E-state index contributed by atoms with van der Waals surface area (Å²) in [5, 5.41) is 4.21. The quantitative estimate of drug-likeness (QED) is 0.900. The minimum atomic E-state index is 0.213. The smallest absolute Gasteiger partial charge is 0.0548 e. The van der Waals surface area contributed by atoms with Crippen molar-refractivity contribution >= 4 is 27.5 Å². The van der Waals surface area contributed by atoms with Crippen molar-refractivity contribution in [2.75, 3.05) is 19.6 Å². The predicted octanol–water partition coefficient (Wildman–Crippen LogP) is 3.29. The number of halogens is 2. The summed E-state index contributed by atoms with van der Waals surface area (Å²) in [6.07, 6.45) is 0. The first-order valence-corrected chi connectivity index (χ1v) is 7.06. The van der Waals surface area contributed by atoms with Crippen molar-refractivity contribution in [3.8, 4) is 0 Å². The van der Waals surface area contributed by atoms with E-state index in [4.69, 9.17) is 11.6 Å². The number of hydrogen-bond donors (Lipinski definition) is 1. The highest BCUT2D eigenvalue weighted by atomic mass is 79.9. The van der Waals surface area contributed by atoms with Gasteiger partial charge in [-0.3, -0.25) is 4.90 Å². The number of nitrogens with zero attached hydrogens (tertiary/aromatic N) is 1. The van der Waals surface area contributed by atoms with Crippen molar-refractivity contribution in [3.05, 3.63) is 33.3 Å². The lowest BCUT2D eigenvalue weighted by atomic mass is 9.99. The van der Waals surface area contributed by atoms with Gasteiger partial charge in [0.2, 0.25) is 0 Å². The molecule has 1 N–H and O–H groups in total. The minimum Gasteiger partial charge on any atom is -0.314 e. The van der Waals surface area contributed by atoms with Crippen LogP contribution < -0.4 is 5.32 Å². The maximum absolute atomic E-state index is 6.01. The monoisotopic (exact) mass is 316 g/mol. The molecule has 0 aliphatic carbocycles. The molecule has 0 atom stereocenters. The van der Waals surface area contributed by atoms with Crippen molar-refractivity contribution in [1.82, 2.24) is 10.2 Å². The SMILES string of the molecule is CC1(C)CNCCN1Cc1ccc(Cl)c(Br)c1. The van der Waals surface area contributed by atoms with E-state index in [1.165, 1.54) is 5.56 Å². The van der Waals surface area contributed by atoms with E-state index in [0.29, 0.717) is 0 Å². The van der Waals surface area contributed by atoms with Crippen LogP contribution in [0.4, 0.5) is 0 Å². The van der Waals surface area contributed by atoms with Gasteiger partial charge in [-0.1, -0.05) is 17.7 Å². The number of rotatable bonds is 2. The van der Waals surface area contributed by atoms with Gasteiger partial charge < -0.3 is 5.32 Å². The second-order valence-electron chi connectivity index (χ2n) is 5.16. The third kappa shape index (κ3) is 3.22. The normalized spacial score (nSPS) is 20.5. The van der Waals surface area contributed by atoms with Gasteiger partial charge in [-0.2, -0.15) is 0 Å². The van der Waals surface area contributed by atoms with E-state index in [-0.39, 0.29) is 5.54 Å². The molecule has 0 amide bonds. The van der Waals surface area contributed by atoms with Crippen molar-refractivity contribution < 1.29 is 0 Å². The van der Waals surface area contributed by atoms with Crippen molar-refractivity contribution in [2.24, 2.45) is 0 Å². The van der Waals surface area contributed by atoms with Gasteiger partial charge in [0.25, 0.3) is 0 Å². The molecule has 0 saturated carbocycles. The fraction of sp³-hybridized carbons (Fsp3) is 0.538. The topological polar surface area (TPSA) is 15.3 Å². The van der Waals surface area contributed by atoms with Crippen LogP contribution in [-0.4, -0.2) is 30.1 Å². The van der Waals surface area contributed by atoms with Gasteiger partial charge >= 0.3 is 0 Å². The van der Waals surface area contributed by atoms with Crippen molar-refractivity contribution in [2.45, 2.75) is 25.9 Å². The van der Waals surface area contributed by atoms with E-state index in [2.05, 4.69) is 52.1 Å². The molecule has 4 heteroatoms. The summed E-state index contributed by atoms with van der Waals surface area (Å²) in [6.45, 7) is 8.74. The second-order valence-corrected chi connectivity index (χ2v) is 6.42. The molecule has 0 bridgehead atoms. The molecule has 2 rings (SSSR count). The molecule has 1 aromatic rings. The van der Waals surface area contributed by atoms with Crippen molar-refractivity contribution in [3.63, 3.8) is 0 Å². The van der Waals surface area contributed by atoms with Crippen LogP contribution >= 0.6 is 27.5 Å². The standard InChI is InChI=1S/C13H18BrClN2/c1-13(2)9-16-5-6-17(13)8-10-3-4-12(15)11(14)7-10/h3-4,7,16H,5-6,8-9H2,1-2H3. The Bertz CT molecular complexity index is 406. The van der Waals surface area contributed by atoms with Crippen LogP contribution in [-0.2, 0) is 6.54 Å². The first-order valence-electron chi connectivity index (χ1n) is 5.89. The van der Waals surface area contributed by atoms with Crippen LogP contribution in [0.15, 0.2) is 22.7 Å². The molecule has 1 aliphatic heterocycles. The molecule has 1 aromatic carbocycles. The first kappa shape index (κ1) is 13.3. The summed E-state index contributed by atoms with van der Waals surface area (Å²) in [5.74, 6) is 0. The van der Waals surface area contributed by atoms with Gasteiger partial charge in [-0.05, 0) is 47.5 Å². The van der Waals surface area contributed by atoms with E-state index < -0.39 is 0 Å². The largest absolute Gasteiger partial charge is 0.314 e. The van der Waals surface area contributed by atoms with Crippen LogP contribution in [0.25, 0.3) is 0 Å². The van der Waals surface area contributed by atoms with E-state index in [1.54, 1.807) is 0 Å². The van der Waals surface area contributed by atoms with E-state index in [9.17, 15) is 0 Å². The Morgan fingerprint density at radius 1 is 1.47 bits per heavy atom. The maximum Gasteiger partial charge on any atom is 0.0548 e. The Morgan fingerprint density at radius 2 is 2.24 bits per heavy atom. The summed E-state index contributed by atoms with van der Waals surface area (Å²) in [4.78, 5) is 2.51. The molecule has 1 aliphatic rings. The Kier molecular flexibility index (Phi) is 4.14. The van der Waals surface area contributed by atoms with Crippen LogP contribution in [0, 0.1) is 0 Å². The second kappa shape index (κ2) is 5.27. The molecular formula is C13H18BrClN2. The lowest BCUT2D eigenvalue weighted by Crippen LogP contribution is -2.57. The van der Waals surface area contributed by atoms with Gasteiger partial charge in [0, 0.05) is 36.2 Å². The van der Waals surface area contributed by atoms with Gasteiger partial charge in [-0.25, -0.2) is 0 Å². The maximum atomic E-state index is 6.01. The van der Waals surface area contributed by atoms with E-state index in [1.807, 2.05) is 6.07 Å². The molecule has 2 nitrogen and oxygen atoms in total. The third-order valence-corrected chi connectivity index (χ3v) is 4.54. The fourth-order valence-electron chi connectivity index (χ4n) is 2.17. The summed E-state index contributed by atoms with van der Waals surface area (Å²) in [7, 11) is 0. The van der Waals surface area contributed by atoms with Crippen molar-refractivity contribution in [1.29, 1.82) is 0 Å². The fourth-order valence-corrected chi connectivity index (χ4v) is 2.72. The molecule has 1 fully saturated rings. The van der Waals surface area contributed by atoms with Crippen LogP contribution in [0.5, 0.6) is 0 Å². The highest BCUT2D eigenvalue weighted by molar-refractivity contribution is 9.10. The Morgan fingerprint density at radius 3 is 2.88 bits per heavy atom. The Labute approximate surface area is 116 Å². The molecular weight excluding hydrogens is 300 g/mol. The number of benzene rings is 1. The van der Waals surface area contributed by atoms with Gasteiger partial charge in [0.1, 0.15) is 0 Å². The lowest BCUT2D eigenvalue weighted by Gasteiger charge is -2.43. The lowest BCUT2D eigenvalue weighted by molar-refractivity contribution is 0.0827. The Balaban J connectivity index is 2.11. The zero-order valence-electron chi connectivity index (χ0n) is 10.3. The average Bonchev–Trinajstić information content (AvgIpc) is 2.26. The van der Waals surface area contributed by atoms with Crippen LogP contribution in [0.3, 0.4) is 0 Å². The van der Waals surface area contributed by atoms with Gasteiger partial charge in [0.15, 0.2) is 0 Å². The number of nitrogens with one attached hydrogen (secondary N) is 1. The molecule has 0 aromatic heterocycles. The number of piperazine rings is 1. The summed E-state index contributed by atoms with van der Waals surface area (Å²) in [5.41, 5.74) is 1.51. The van der Waals surface area contributed by atoms with Gasteiger partial charge in [-0.15, -0.1) is 0 Å². The summed E-state index contributed by atoms with van der Waals surface area (Å²) >= 11 is 9.49. The van der Waals surface area contributed by atoms with Crippen LogP contribution in [0.2, 0.25) is 5.02 Å².